The van der Waals surface area contributed by atoms with Gasteiger partial charge < -0.3 is 59.1 Å². The number of hydrogen-bond donors (Lipinski definition) is 6. The number of phenols is 2. The van der Waals surface area contributed by atoms with Gasteiger partial charge in [0.25, 0.3) is 5.91 Å². The number of benzene rings is 3. The van der Waals surface area contributed by atoms with Crippen LogP contribution < -0.4 is 20.4 Å². The number of aromatic nitrogens is 1. The topological polar surface area (TPSA) is 248 Å². The van der Waals surface area contributed by atoms with E-state index in [0.29, 0.717) is 31.6 Å². The van der Waals surface area contributed by atoms with E-state index in [4.69, 9.17) is 28.3 Å². The summed E-state index contributed by atoms with van der Waals surface area (Å²) in [5.41, 5.74) is -1.30. The van der Waals surface area contributed by atoms with E-state index < -0.39 is 94.3 Å². The summed E-state index contributed by atoms with van der Waals surface area (Å²) < 4.78 is 29.7. The zero-order valence-electron chi connectivity index (χ0n) is 38.1. The number of piperidine rings is 1. The van der Waals surface area contributed by atoms with Crippen molar-refractivity contribution in [1.29, 1.82) is 0 Å². The highest BCUT2D eigenvalue weighted by atomic mass is 16.6. The van der Waals surface area contributed by atoms with Gasteiger partial charge in [-0.3, -0.25) is 14.4 Å². The Morgan fingerprint density at radius 2 is 1.65 bits per heavy atom. The standard InChI is InChI=1S/C48H59N3O14/c1-10-62-45-27(7)42(57)35-34-36(45)48(60)63-19-16-32(61-9)24(4)44(64-28(8)52)26(6)41(56)25(5)40(55)22(2)12-11-13-23(3)47(59)50-39(43(35)58)46-38(34)49-37-31(54)20-29(21-33(37)65-46)51-17-14-30(53)15-18-51/h11-13,16,19-22,24-26,30,32,40-41,44,53-57H,10,14-15,17-18H2,1-9H3,(H,50,59)/b12-11+,19-16+,23-13-/t22-,24+,25+,26+,32-,40-,41+,44+/m0/s1. The third kappa shape index (κ3) is 9.69. The summed E-state index contributed by atoms with van der Waals surface area (Å²) in [7, 11) is 1.40. The van der Waals surface area contributed by atoms with Crippen molar-refractivity contribution >= 4 is 51.1 Å². The van der Waals surface area contributed by atoms with Crippen molar-refractivity contribution in [2.75, 3.05) is 37.0 Å². The molecule has 350 valence electrons. The van der Waals surface area contributed by atoms with Crippen molar-refractivity contribution < 1.29 is 63.3 Å². The molecule has 0 spiro atoms. The first-order chi connectivity index (χ1) is 30.8. The maximum Gasteiger partial charge on any atom is 0.347 e. The van der Waals surface area contributed by atoms with Crippen LogP contribution in [0.5, 0.6) is 17.2 Å². The van der Waals surface area contributed by atoms with Crippen LogP contribution in [0.4, 0.5) is 11.4 Å². The first-order valence-corrected chi connectivity index (χ1v) is 21.8. The molecular weight excluding hydrogens is 843 g/mol. The fourth-order valence-corrected chi connectivity index (χ4v) is 8.80. The molecular formula is C48H59N3O14. The summed E-state index contributed by atoms with van der Waals surface area (Å²) in [6, 6.07) is 3.10. The number of aliphatic hydroxyl groups excluding tert-OH is 3. The fourth-order valence-electron chi connectivity index (χ4n) is 8.80. The fraction of sp³-hybridized carbons (Fsp3) is 0.479. The number of phenolic OH excluding ortho intramolecular Hbond substituents is 2. The van der Waals surface area contributed by atoms with Gasteiger partial charge in [-0.2, -0.15) is 0 Å². The zero-order chi connectivity index (χ0) is 47.6. The van der Waals surface area contributed by atoms with Crippen LogP contribution in [0.1, 0.15) is 77.2 Å². The molecule has 2 aromatic rings. The summed E-state index contributed by atoms with van der Waals surface area (Å²) in [5.74, 6) is -6.40. The van der Waals surface area contributed by atoms with Crippen molar-refractivity contribution in [2.24, 2.45) is 23.7 Å². The predicted molar refractivity (Wildman–Crippen MR) is 242 cm³/mol. The van der Waals surface area contributed by atoms with Gasteiger partial charge in [-0.05, 0) is 39.7 Å². The van der Waals surface area contributed by atoms with Crippen molar-refractivity contribution in [2.45, 2.75) is 98.8 Å². The van der Waals surface area contributed by atoms with Gasteiger partial charge in [0.2, 0.25) is 5.43 Å². The summed E-state index contributed by atoms with van der Waals surface area (Å²) in [5, 5.41) is 58.3. The molecule has 0 saturated carbocycles. The van der Waals surface area contributed by atoms with Gasteiger partial charge in [0.1, 0.15) is 45.8 Å². The lowest BCUT2D eigenvalue weighted by molar-refractivity contribution is -0.160. The molecule has 8 atom stereocenters. The Labute approximate surface area is 376 Å². The van der Waals surface area contributed by atoms with Gasteiger partial charge in [0.15, 0.2) is 11.3 Å². The average molecular weight is 902 g/mol. The molecule has 1 saturated heterocycles. The molecule has 17 heteroatoms. The number of fused-ring (bicyclic) bond motifs is 1. The molecule has 6 rings (SSSR count). The number of methoxy groups -OCH3 is 1. The van der Waals surface area contributed by atoms with E-state index >= 15 is 0 Å². The highest BCUT2D eigenvalue weighted by molar-refractivity contribution is 6.18. The van der Waals surface area contributed by atoms with Crippen LogP contribution in [-0.4, -0.2) is 106 Å². The van der Waals surface area contributed by atoms with Crippen molar-refractivity contribution in [1.82, 2.24) is 4.98 Å². The maximum absolute atomic E-state index is 14.8. The first kappa shape index (κ1) is 48.4. The van der Waals surface area contributed by atoms with Crippen LogP contribution in [0.3, 0.4) is 0 Å². The second kappa shape index (κ2) is 20.0. The Morgan fingerprint density at radius 3 is 2.29 bits per heavy atom. The number of amides is 1. The van der Waals surface area contributed by atoms with E-state index in [1.807, 2.05) is 4.90 Å². The monoisotopic (exact) mass is 901 g/mol. The van der Waals surface area contributed by atoms with E-state index in [9.17, 15) is 44.7 Å². The Morgan fingerprint density at radius 1 is 0.954 bits per heavy atom. The lowest BCUT2D eigenvalue weighted by Gasteiger charge is -2.38. The predicted octanol–water partition coefficient (Wildman–Crippen LogP) is 5.86. The van der Waals surface area contributed by atoms with Gasteiger partial charge in [-0.25, -0.2) is 9.78 Å². The number of carbonyl (C=O) groups is 3. The molecule has 2 aromatic carbocycles. The van der Waals surface area contributed by atoms with Gasteiger partial charge in [0.05, 0.1) is 42.7 Å². The second-order valence-corrected chi connectivity index (χ2v) is 17.1. The van der Waals surface area contributed by atoms with Crippen molar-refractivity contribution in [3.05, 3.63) is 69.6 Å². The number of aliphatic hydroxyl groups is 3. The molecule has 1 fully saturated rings. The molecule has 1 aliphatic carbocycles. The number of esters is 2. The number of carbonyl (C=O) groups excluding carboxylic acids is 3. The molecule has 0 aromatic heterocycles. The van der Waals surface area contributed by atoms with E-state index in [-0.39, 0.29) is 62.7 Å². The highest BCUT2D eigenvalue weighted by Gasteiger charge is 2.40. The molecule has 3 heterocycles. The quantitative estimate of drug-likeness (QED) is 0.0780. The van der Waals surface area contributed by atoms with Crippen LogP contribution in [0.25, 0.3) is 33.3 Å². The molecule has 65 heavy (non-hydrogen) atoms. The number of ether oxygens (including phenoxy) is 4. The number of aromatic hydroxyl groups is 2. The third-order valence-electron chi connectivity index (χ3n) is 12.7. The first-order valence-electron chi connectivity index (χ1n) is 21.8. The largest absolute Gasteiger partial charge is 0.507 e. The van der Waals surface area contributed by atoms with Gasteiger partial charge in [-0.1, -0.05) is 45.9 Å². The van der Waals surface area contributed by atoms with E-state index in [1.54, 1.807) is 52.8 Å². The molecule has 0 radical (unpaired) electrons. The maximum atomic E-state index is 14.8. The van der Waals surface area contributed by atoms with Crippen molar-refractivity contribution in [3.63, 3.8) is 0 Å². The molecule has 2 bridgehead atoms. The third-order valence-corrected chi connectivity index (χ3v) is 12.7. The van der Waals surface area contributed by atoms with Gasteiger partial charge in [0, 0.05) is 85.1 Å². The van der Waals surface area contributed by atoms with E-state index in [0.717, 1.165) is 6.26 Å². The summed E-state index contributed by atoms with van der Waals surface area (Å²) in [6.45, 7) is 13.6. The molecule has 1 amide bonds. The SMILES string of the molecule is CCOc1c(C)c(O)c2c(=O)c3c4oc5cc(N6CCC(O)CC6)cc(O)c5nc-4c2c1C(=O)O/C=C/[C@H](OC)[C@@H](C)[C@@H](OC(C)=O)[C@H](C)[C@H](O)[C@H](C)[C@@H](O)[C@@H](C)/C=C/C=C(/C)C(=O)N3. The minimum atomic E-state index is -1.17. The van der Waals surface area contributed by atoms with E-state index in [1.165, 1.54) is 46.1 Å². The number of nitrogens with one attached hydrogen (secondary N) is 1. The highest BCUT2D eigenvalue weighted by Crippen LogP contribution is 2.47. The van der Waals surface area contributed by atoms with Crippen LogP contribution in [0.15, 0.2) is 57.5 Å². The van der Waals surface area contributed by atoms with Crippen molar-refractivity contribution in [3.8, 4) is 28.7 Å². The zero-order valence-corrected chi connectivity index (χ0v) is 38.1. The number of nitrogens with zero attached hydrogens (tertiary/aromatic N) is 2. The minimum absolute atomic E-state index is 0.00157. The summed E-state index contributed by atoms with van der Waals surface area (Å²) in [6.07, 6.45) is 3.60. The lowest BCUT2D eigenvalue weighted by atomic mass is 9.78. The smallest absolute Gasteiger partial charge is 0.347 e. The van der Waals surface area contributed by atoms with E-state index in [2.05, 4.69) is 5.32 Å². The van der Waals surface area contributed by atoms with Crippen LogP contribution in [0, 0.1) is 30.6 Å². The van der Waals surface area contributed by atoms with Crippen LogP contribution in [0.2, 0.25) is 0 Å². The second-order valence-electron chi connectivity index (χ2n) is 17.1. The Balaban J connectivity index is 1.64. The van der Waals surface area contributed by atoms with Gasteiger partial charge >= 0.3 is 11.9 Å². The number of rotatable bonds is 5. The Bertz CT molecular complexity index is 2570. The molecule has 6 N–H and O–H groups in total. The van der Waals surface area contributed by atoms with Gasteiger partial charge in [-0.15, -0.1) is 0 Å². The van der Waals surface area contributed by atoms with Crippen LogP contribution >= 0.6 is 0 Å². The number of anilines is 2. The minimum Gasteiger partial charge on any atom is -0.507 e. The Kier molecular flexibility index (Phi) is 14.9. The average Bonchev–Trinajstić information content (AvgIpc) is 3.27. The Hall–Kier alpha value is -6.01. The summed E-state index contributed by atoms with van der Waals surface area (Å²) in [4.78, 5) is 62.5. The molecule has 3 aliphatic heterocycles. The molecule has 17 nitrogen and oxygen atoms in total. The summed E-state index contributed by atoms with van der Waals surface area (Å²) >= 11 is 0. The van der Waals surface area contributed by atoms with Crippen LogP contribution in [-0.2, 0) is 23.8 Å². The molecule has 4 aliphatic rings. The molecule has 0 unspecified atom stereocenters. The number of cyclic esters (lactones) is 1. The number of allylic oxidation sites excluding steroid dienone is 2. The normalized spacial score (nSPS) is 27.3. The lowest BCUT2D eigenvalue weighted by Crippen LogP contribution is -2.46. The number of hydrogen-bond acceptors (Lipinski definition) is 16.